The molecule has 1 amide bonds. The van der Waals surface area contributed by atoms with E-state index < -0.39 is 23.1 Å². The largest absolute Gasteiger partial charge is 0.416 e. The number of pyridine rings is 1. The lowest BCUT2D eigenvalue weighted by Crippen LogP contribution is -2.47. The highest BCUT2D eigenvalue weighted by atomic mass is 19.4. The molecule has 0 unspecified atom stereocenters. The van der Waals surface area contributed by atoms with E-state index in [1.807, 2.05) is 6.92 Å². The molecule has 0 atom stereocenters. The van der Waals surface area contributed by atoms with Crippen molar-refractivity contribution in [2.75, 3.05) is 18.5 Å². The molecular weight excluding hydrogens is 425 g/mol. The maximum absolute atomic E-state index is 12.9. The topological polar surface area (TPSA) is 97.0 Å². The molecule has 0 saturated carbocycles. The Hall–Kier alpha value is -3.53. The lowest BCUT2D eigenvalue weighted by atomic mass is 9.81. The molecule has 0 bridgehead atoms. The lowest BCUT2D eigenvalue weighted by Gasteiger charge is -2.37. The van der Waals surface area contributed by atoms with Crippen molar-refractivity contribution in [3.8, 4) is 11.3 Å². The number of nitrogens with zero attached hydrogens (tertiary/aromatic N) is 2. The first-order valence-corrected chi connectivity index (χ1v) is 9.70. The fraction of sp³-hybridized carbons (Fsp3) is 0.273. The Balaban J connectivity index is 1.64. The SMILES string of the molecule is Cc1ncc(NC(=O)c2cccc(C(F)(F)F)c2)cc1-c1cc(C2(C)COC2)c(=O)[nH]n1. The fourth-order valence-corrected chi connectivity index (χ4v) is 3.46. The third-order valence-electron chi connectivity index (χ3n) is 5.37. The first kappa shape index (κ1) is 21.7. The van der Waals surface area contributed by atoms with Gasteiger partial charge in [-0.05, 0) is 37.3 Å². The zero-order valence-corrected chi connectivity index (χ0v) is 17.2. The van der Waals surface area contributed by atoms with Crippen LogP contribution < -0.4 is 10.9 Å². The Labute approximate surface area is 180 Å². The summed E-state index contributed by atoms with van der Waals surface area (Å²) in [6.07, 6.45) is -3.15. The predicted octanol–water partition coefficient (Wildman–Crippen LogP) is 3.70. The van der Waals surface area contributed by atoms with E-state index in [0.29, 0.717) is 35.7 Å². The second-order valence-electron chi connectivity index (χ2n) is 7.94. The number of rotatable bonds is 4. The van der Waals surface area contributed by atoms with E-state index in [9.17, 15) is 22.8 Å². The first-order valence-electron chi connectivity index (χ1n) is 9.70. The zero-order valence-electron chi connectivity index (χ0n) is 17.2. The molecule has 0 radical (unpaired) electrons. The second kappa shape index (κ2) is 7.86. The summed E-state index contributed by atoms with van der Waals surface area (Å²) in [5.41, 5.74) is 0.660. The van der Waals surface area contributed by atoms with Gasteiger partial charge in [-0.1, -0.05) is 13.0 Å². The van der Waals surface area contributed by atoms with Crippen molar-refractivity contribution >= 4 is 11.6 Å². The third-order valence-corrected chi connectivity index (χ3v) is 5.37. The average molecular weight is 444 g/mol. The van der Waals surface area contributed by atoms with Gasteiger partial charge in [-0.2, -0.15) is 18.3 Å². The summed E-state index contributed by atoms with van der Waals surface area (Å²) >= 11 is 0. The number of H-pyrrole nitrogens is 1. The Morgan fingerprint density at radius 3 is 2.62 bits per heavy atom. The van der Waals surface area contributed by atoms with Crippen molar-refractivity contribution < 1.29 is 22.7 Å². The predicted molar refractivity (Wildman–Crippen MR) is 110 cm³/mol. The van der Waals surface area contributed by atoms with Gasteiger partial charge >= 0.3 is 6.18 Å². The molecule has 166 valence electrons. The van der Waals surface area contributed by atoms with Crippen molar-refractivity contribution in [3.63, 3.8) is 0 Å². The van der Waals surface area contributed by atoms with Gasteiger partial charge in [0, 0.05) is 27.8 Å². The van der Waals surface area contributed by atoms with Crippen LogP contribution in [0.4, 0.5) is 18.9 Å². The van der Waals surface area contributed by atoms with Gasteiger partial charge in [0.05, 0.1) is 36.4 Å². The Morgan fingerprint density at radius 2 is 1.97 bits per heavy atom. The maximum atomic E-state index is 12.9. The van der Waals surface area contributed by atoms with Gasteiger partial charge in [-0.3, -0.25) is 14.6 Å². The van der Waals surface area contributed by atoms with Crippen LogP contribution in [0.5, 0.6) is 0 Å². The van der Waals surface area contributed by atoms with Gasteiger partial charge in [0.1, 0.15) is 0 Å². The number of hydrogen-bond acceptors (Lipinski definition) is 5. The van der Waals surface area contributed by atoms with Crippen molar-refractivity contribution in [1.29, 1.82) is 0 Å². The van der Waals surface area contributed by atoms with E-state index in [1.165, 1.54) is 18.3 Å². The smallest absolute Gasteiger partial charge is 0.379 e. The number of ether oxygens (including phenoxy) is 1. The van der Waals surface area contributed by atoms with E-state index >= 15 is 0 Å². The van der Waals surface area contributed by atoms with Crippen LogP contribution in [0.1, 0.15) is 34.1 Å². The summed E-state index contributed by atoms with van der Waals surface area (Å²) < 4.78 is 44.1. The summed E-state index contributed by atoms with van der Waals surface area (Å²) in [6.45, 7) is 4.50. The number of aromatic amines is 1. The van der Waals surface area contributed by atoms with Crippen LogP contribution in [0.2, 0.25) is 0 Å². The molecule has 2 N–H and O–H groups in total. The van der Waals surface area contributed by atoms with Crippen molar-refractivity contribution in [2.24, 2.45) is 0 Å². The van der Waals surface area contributed by atoms with Gasteiger partial charge in [0.25, 0.3) is 11.5 Å². The van der Waals surface area contributed by atoms with Gasteiger partial charge in [0.2, 0.25) is 0 Å². The van der Waals surface area contributed by atoms with Crippen LogP contribution >= 0.6 is 0 Å². The summed E-state index contributed by atoms with van der Waals surface area (Å²) in [5.74, 6) is -0.707. The number of alkyl halides is 3. The maximum Gasteiger partial charge on any atom is 0.416 e. The molecule has 1 saturated heterocycles. The molecule has 3 heterocycles. The van der Waals surface area contributed by atoms with Crippen LogP contribution in [-0.2, 0) is 16.3 Å². The molecule has 10 heteroatoms. The number of nitrogens with one attached hydrogen (secondary N) is 2. The molecule has 1 fully saturated rings. The van der Waals surface area contributed by atoms with Crippen LogP contribution in [0.15, 0.2) is 47.4 Å². The lowest BCUT2D eigenvalue weighted by molar-refractivity contribution is -0.137. The number of amides is 1. The highest BCUT2D eigenvalue weighted by molar-refractivity contribution is 6.04. The number of hydrogen-bond donors (Lipinski definition) is 2. The molecule has 1 aliphatic rings. The van der Waals surface area contributed by atoms with Crippen LogP contribution in [0.3, 0.4) is 0 Å². The molecule has 7 nitrogen and oxygen atoms in total. The molecule has 0 spiro atoms. The monoisotopic (exact) mass is 444 g/mol. The van der Waals surface area contributed by atoms with E-state index in [-0.39, 0.29) is 16.8 Å². The van der Waals surface area contributed by atoms with Crippen LogP contribution in [0.25, 0.3) is 11.3 Å². The molecule has 2 aromatic heterocycles. The highest BCUT2D eigenvalue weighted by Gasteiger charge is 2.38. The minimum atomic E-state index is -4.55. The number of halogens is 3. The summed E-state index contributed by atoms with van der Waals surface area (Å²) in [5, 5.41) is 9.16. The molecule has 3 aromatic rings. The summed E-state index contributed by atoms with van der Waals surface area (Å²) in [4.78, 5) is 29.0. The highest BCUT2D eigenvalue weighted by Crippen LogP contribution is 2.32. The minimum absolute atomic E-state index is 0.135. The van der Waals surface area contributed by atoms with Crippen molar-refractivity contribution in [1.82, 2.24) is 15.2 Å². The third kappa shape index (κ3) is 4.13. The van der Waals surface area contributed by atoms with Gasteiger partial charge in [-0.15, -0.1) is 0 Å². The van der Waals surface area contributed by atoms with Crippen LogP contribution in [0, 0.1) is 6.92 Å². The van der Waals surface area contributed by atoms with Gasteiger partial charge < -0.3 is 10.1 Å². The normalized spacial score (nSPS) is 15.2. The molecule has 32 heavy (non-hydrogen) atoms. The van der Waals surface area contributed by atoms with Gasteiger partial charge in [-0.25, -0.2) is 5.10 Å². The molecule has 0 aliphatic carbocycles. The molecular formula is C22H19F3N4O3. The van der Waals surface area contributed by atoms with E-state index in [4.69, 9.17) is 4.74 Å². The van der Waals surface area contributed by atoms with Crippen molar-refractivity contribution in [3.05, 3.63) is 75.3 Å². The minimum Gasteiger partial charge on any atom is -0.379 e. The van der Waals surface area contributed by atoms with E-state index in [0.717, 1.165) is 12.1 Å². The quantitative estimate of drug-likeness (QED) is 0.640. The second-order valence-corrected chi connectivity index (χ2v) is 7.94. The van der Waals surface area contributed by atoms with Crippen LogP contribution in [-0.4, -0.2) is 34.3 Å². The first-order chi connectivity index (χ1) is 15.1. The summed E-state index contributed by atoms with van der Waals surface area (Å²) in [6, 6.07) is 7.43. The summed E-state index contributed by atoms with van der Waals surface area (Å²) in [7, 11) is 0. The number of aryl methyl sites for hydroxylation is 1. The Bertz CT molecular complexity index is 1250. The number of aromatic nitrogens is 3. The number of anilines is 1. The molecule has 1 aromatic carbocycles. The van der Waals surface area contributed by atoms with E-state index in [2.05, 4.69) is 20.5 Å². The Kier molecular flexibility index (Phi) is 5.33. The van der Waals surface area contributed by atoms with Crippen molar-refractivity contribution in [2.45, 2.75) is 25.4 Å². The zero-order chi connectivity index (χ0) is 23.1. The van der Waals surface area contributed by atoms with E-state index in [1.54, 1.807) is 19.1 Å². The number of carbonyl (C=O) groups excluding carboxylic acids is 1. The fourth-order valence-electron chi connectivity index (χ4n) is 3.46. The number of benzene rings is 1. The number of carbonyl (C=O) groups is 1. The van der Waals surface area contributed by atoms with Gasteiger partial charge in [0.15, 0.2) is 0 Å². The Morgan fingerprint density at radius 1 is 1.22 bits per heavy atom. The standard InChI is InChI=1S/C22H19F3N4O3/c1-12-16(18-8-17(20(31)29-28-18)21(2)10-32-11-21)7-15(9-26-12)27-19(30)13-4-3-5-14(6-13)22(23,24)25/h3-9H,10-11H2,1-2H3,(H,27,30)(H,29,31). The molecule has 1 aliphatic heterocycles. The molecule has 4 rings (SSSR count). The average Bonchev–Trinajstić information content (AvgIpc) is 2.73.